The highest BCUT2D eigenvalue weighted by Crippen LogP contribution is 2.44. The number of carbonyl (C=O) groups excluding carboxylic acids is 3. The fourth-order valence-corrected chi connectivity index (χ4v) is 4.26. The number of nitrogens with zero attached hydrogens (tertiary/aromatic N) is 1. The zero-order valence-electron chi connectivity index (χ0n) is 20.0. The molecule has 8 heteroatoms. The van der Waals surface area contributed by atoms with Crippen LogP contribution in [0.1, 0.15) is 40.0 Å². The van der Waals surface area contributed by atoms with Gasteiger partial charge in [0.15, 0.2) is 0 Å². The van der Waals surface area contributed by atoms with Crippen LogP contribution in [0.15, 0.2) is 72.3 Å². The third kappa shape index (κ3) is 4.40. The number of amides is 1. The van der Waals surface area contributed by atoms with Crippen molar-refractivity contribution in [3.8, 4) is 11.5 Å². The second kappa shape index (κ2) is 9.95. The molecule has 1 aliphatic rings. The first-order chi connectivity index (χ1) is 17.3. The van der Waals surface area contributed by atoms with Crippen molar-refractivity contribution in [2.24, 2.45) is 0 Å². The van der Waals surface area contributed by atoms with Crippen molar-refractivity contribution < 1.29 is 34.1 Å². The molecule has 0 radical (unpaired) electrons. The van der Waals surface area contributed by atoms with E-state index in [4.69, 9.17) is 9.47 Å². The lowest BCUT2D eigenvalue weighted by molar-refractivity contribution is -0.132. The number of aryl methyl sites for hydroxylation is 1. The molecule has 36 heavy (non-hydrogen) atoms. The zero-order valence-corrected chi connectivity index (χ0v) is 20.0. The van der Waals surface area contributed by atoms with Crippen LogP contribution in [-0.4, -0.2) is 41.6 Å². The molecule has 0 aliphatic carbocycles. The molecule has 1 saturated heterocycles. The Morgan fingerprint density at radius 1 is 1.03 bits per heavy atom. The average molecular weight is 488 g/mol. The summed E-state index contributed by atoms with van der Waals surface area (Å²) in [4.78, 5) is 40.3. The summed E-state index contributed by atoms with van der Waals surface area (Å²) in [6.07, 6.45) is 0. The number of ether oxygens (including phenoxy) is 2. The topological polar surface area (TPSA) is 113 Å². The van der Waals surface area contributed by atoms with Crippen molar-refractivity contribution in [2.45, 2.75) is 19.9 Å². The first kappa shape index (κ1) is 24.5. The van der Waals surface area contributed by atoms with Gasteiger partial charge in [0.05, 0.1) is 36.5 Å². The standard InChI is InChI=1S/C28H25NO7/c1-4-36-28(34)18-8-5-9-19(14-18)29-24(17-7-6-10-20(30)15-17)23(26(32)27(29)33)25(31)21-13-16(2)11-12-22(21)35-3/h5-15,24,30-31H,4H2,1-3H3/b25-23+. The van der Waals surface area contributed by atoms with E-state index in [1.165, 1.54) is 30.2 Å². The molecule has 0 saturated carbocycles. The molecule has 1 heterocycles. The number of aliphatic hydroxyl groups excluding tert-OH is 1. The molecule has 1 aliphatic heterocycles. The van der Waals surface area contributed by atoms with Crippen LogP contribution in [-0.2, 0) is 14.3 Å². The number of esters is 1. The summed E-state index contributed by atoms with van der Waals surface area (Å²) < 4.78 is 10.5. The maximum Gasteiger partial charge on any atom is 0.338 e. The van der Waals surface area contributed by atoms with Gasteiger partial charge >= 0.3 is 5.97 Å². The van der Waals surface area contributed by atoms with E-state index >= 15 is 0 Å². The molecule has 8 nitrogen and oxygen atoms in total. The summed E-state index contributed by atoms with van der Waals surface area (Å²) in [5, 5.41) is 21.5. The molecule has 2 N–H and O–H groups in total. The molecule has 1 fully saturated rings. The van der Waals surface area contributed by atoms with Crippen molar-refractivity contribution in [2.75, 3.05) is 18.6 Å². The van der Waals surface area contributed by atoms with Crippen LogP contribution >= 0.6 is 0 Å². The van der Waals surface area contributed by atoms with E-state index in [2.05, 4.69) is 0 Å². The van der Waals surface area contributed by atoms with E-state index in [9.17, 15) is 24.6 Å². The Balaban J connectivity index is 1.96. The van der Waals surface area contributed by atoms with Gasteiger partial charge in [-0.15, -0.1) is 0 Å². The molecule has 0 bridgehead atoms. The van der Waals surface area contributed by atoms with Crippen LogP contribution in [0.3, 0.4) is 0 Å². The van der Waals surface area contributed by atoms with Gasteiger partial charge in [0.2, 0.25) is 0 Å². The van der Waals surface area contributed by atoms with E-state index < -0.39 is 29.5 Å². The largest absolute Gasteiger partial charge is 0.508 e. The highest BCUT2D eigenvalue weighted by Gasteiger charge is 2.47. The van der Waals surface area contributed by atoms with Crippen LogP contribution in [0.4, 0.5) is 5.69 Å². The number of aromatic hydroxyl groups is 1. The van der Waals surface area contributed by atoms with Crippen LogP contribution in [0.5, 0.6) is 11.5 Å². The monoisotopic (exact) mass is 487 g/mol. The summed E-state index contributed by atoms with van der Waals surface area (Å²) in [5.74, 6) is -2.54. The minimum Gasteiger partial charge on any atom is -0.508 e. The summed E-state index contributed by atoms with van der Waals surface area (Å²) >= 11 is 0. The van der Waals surface area contributed by atoms with E-state index in [0.29, 0.717) is 11.3 Å². The van der Waals surface area contributed by atoms with Gasteiger partial charge in [-0.3, -0.25) is 14.5 Å². The number of aliphatic hydroxyl groups is 1. The van der Waals surface area contributed by atoms with E-state index in [1.807, 2.05) is 6.92 Å². The molecule has 0 aromatic heterocycles. The van der Waals surface area contributed by atoms with Gasteiger partial charge in [-0.1, -0.05) is 29.8 Å². The Hall–Kier alpha value is -4.59. The number of benzene rings is 3. The number of phenols is 1. The van der Waals surface area contributed by atoms with Gasteiger partial charge in [0, 0.05) is 5.69 Å². The Morgan fingerprint density at radius 2 is 1.78 bits per heavy atom. The van der Waals surface area contributed by atoms with Crippen molar-refractivity contribution in [3.05, 3.63) is 94.6 Å². The second-order valence-electron chi connectivity index (χ2n) is 8.24. The Morgan fingerprint density at radius 3 is 2.47 bits per heavy atom. The van der Waals surface area contributed by atoms with Crippen LogP contribution in [0.2, 0.25) is 0 Å². The lowest BCUT2D eigenvalue weighted by atomic mass is 9.94. The lowest BCUT2D eigenvalue weighted by Gasteiger charge is -2.26. The number of methoxy groups -OCH3 is 1. The smallest absolute Gasteiger partial charge is 0.338 e. The Labute approximate surface area is 208 Å². The number of anilines is 1. The first-order valence-corrected chi connectivity index (χ1v) is 11.3. The molecular weight excluding hydrogens is 462 g/mol. The first-order valence-electron chi connectivity index (χ1n) is 11.3. The van der Waals surface area contributed by atoms with Gasteiger partial charge in [-0.25, -0.2) is 4.79 Å². The van der Waals surface area contributed by atoms with Crippen molar-refractivity contribution >= 4 is 29.1 Å². The fourth-order valence-electron chi connectivity index (χ4n) is 4.26. The lowest BCUT2D eigenvalue weighted by Crippen LogP contribution is -2.29. The summed E-state index contributed by atoms with van der Waals surface area (Å²) in [7, 11) is 1.44. The van der Waals surface area contributed by atoms with Gasteiger partial charge < -0.3 is 19.7 Å². The molecule has 184 valence electrons. The van der Waals surface area contributed by atoms with E-state index in [-0.39, 0.29) is 34.7 Å². The SMILES string of the molecule is CCOC(=O)c1cccc(N2C(=O)C(=O)/C(=C(/O)c3cc(C)ccc3OC)C2c2cccc(O)c2)c1. The Kier molecular flexibility index (Phi) is 6.78. The number of hydrogen-bond donors (Lipinski definition) is 2. The maximum absolute atomic E-state index is 13.4. The van der Waals surface area contributed by atoms with Gasteiger partial charge in [-0.05, 0) is 61.9 Å². The van der Waals surface area contributed by atoms with Crippen LogP contribution in [0.25, 0.3) is 5.76 Å². The molecule has 3 aromatic carbocycles. The van der Waals surface area contributed by atoms with Gasteiger partial charge in [-0.2, -0.15) is 0 Å². The van der Waals surface area contributed by atoms with Crippen LogP contribution in [0, 0.1) is 6.92 Å². The molecule has 4 rings (SSSR count). The summed E-state index contributed by atoms with van der Waals surface area (Å²) in [6, 6.07) is 16.3. The third-order valence-electron chi connectivity index (χ3n) is 5.88. The van der Waals surface area contributed by atoms with E-state index in [1.54, 1.807) is 55.5 Å². The molecule has 1 atom stereocenters. The quantitative estimate of drug-likeness (QED) is 0.228. The highest BCUT2D eigenvalue weighted by atomic mass is 16.5. The highest BCUT2D eigenvalue weighted by molar-refractivity contribution is 6.51. The maximum atomic E-state index is 13.4. The number of phenolic OH excluding ortho intramolecular Hbond substituents is 1. The second-order valence-corrected chi connectivity index (χ2v) is 8.24. The summed E-state index contributed by atoms with van der Waals surface area (Å²) in [6.45, 7) is 3.68. The van der Waals surface area contributed by atoms with Gasteiger partial charge in [0.1, 0.15) is 17.3 Å². The summed E-state index contributed by atoms with van der Waals surface area (Å²) in [5.41, 5.74) is 1.74. The minimum absolute atomic E-state index is 0.0773. The molecule has 1 amide bonds. The predicted octanol–water partition coefficient (Wildman–Crippen LogP) is 4.51. The van der Waals surface area contributed by atoms with Crippen LogP contribution < -0.4 is 9.64 Å². The molecule has 3 aromatic rings. The van der Waals surface area contributed by atoms with Crippen molar-refractivity contribution in [3.63, 3.8) is 0 Å². The average Bonchev–Trinajstić information content (AvgIpc) is 3.14. The number of hydrogen-bond acceptors (Lipinski definition) is 7. The molecule has 0 spiro atoms. The molecule has 1 unspecified atom stereocenters. The molecular formula is C28H25NO7. The zero-order chi connectivity index (χ0) is 26.0. The predicted molar refractivity (Wildman–Crippen MR) is 133 cm³/mol. The van der Waals surface area contributed by atoms with E-state index in [0.717, 1.165) is 5.56 Å². The van der Waals surface area contributed by atoms with Crippen molar-refractivity contribution in [1.29, 1.82) is 0 Å². The number of ketones is 1. The number of rotatable bonds is 6. The minimum atomic E-state index is -1.08. The number of Topliss-reactive ketones (excluding diaryl/α,β-unsaturated/α-hetero) is 1. The van der Waals surface area contributed by atoms with Gasteiger partial charge in [0.25, 0.3) is 11.7 Å². The normalized spacial score (nSPS) is 16.8. The number of carbonyl (C=O) groups is 3. The van der Waals surface area contributed by atoms with Crippen molar-refractivity contribution in [1.82, 2.24) is 0 Å². The fraction of sp³-hybridized carbons (Fsp3) is 0.179. The Bertz CT molecular complexity index is 1390. The third-order valence-corrected chi connectivity index (χ3v) is 5.88.